The Labute approximate surface area is 150 Å². The average molecular weight is 349 g/mol. The van der Waals surface area contributed by atoms with E-state index in [1.807, 2.05) is 30.5 Å². The lowest BCUT2D eigenvalue weighted by molar-refractivity contribution is 0.0534. The van der Waals surface area contributed by atoms with E-state index in [0.717, 1.165) is 10.9 Å². The van der Waals surface area contributed by atoms with Crippen molar-refractivity contribution in [1.29, 1.82) is 0 Å². The monoisotopic (exact) mass is 349 g/mol. The fraction of sp³-hybridized carbons (Fsp3) is 0.200. The van der Waals surface area contributed by atoms with Gasteiger partial charge in [0, 0.05) is 43.5 Å². The topological polar surface area (TPSA) is 76.6 Å². The lowest BCUT2D eigenvalue weighted by Gasteiger charge is -2.35. The van der Waals surface area contributed by atoms with Gasteiger partial charge in [0.25, 0.3) is 11.8 Å². The summed E-state index contributed by atoms with van der Waals surface area (Å²) in [6.45, 7) is 1.84. The highest BCUT2D eigenvalue weighted by atomic mass is 16.3. The first-order chi connectivity index (χ1) is 12.6. The van der Waals surface area contributed by atoms with Crippen LogP contribution in [0.3, 0.4) is 0 Å². The maximum atomic E-state index is 12.7. The summed E-state index contributed by atoms with van der Waals surface area (Å²) in [7, 11) is 0. The molecule has 0 saturated carbocycles. The van der Waals surface area contributed by atoms with Gasteiger partial charge in [-0.3, -0.25) is 9.59 Å². The maximum absolute atomic E-state index is 12.7. The lowest BCUT2D eigenvalue weighted by Crippen LogP contribution is -2.50. The number of fused-ring (bicyclic) bond motifs is 1. The number of carbonyl (C=O) groups is 2. The Balaban J connectivity index is 1.43. The van der Waals surface area contributed by atoms with E-state index in [1.165, 1.54) is 6.07 Å². The summed E-state index contributed by atoms with van der Waals surface area (Å²) in [5.74, 6) is -0.255. The van der Waals surface area contributed by atoms with Crippen LogP contribution in [0.15, 0.2) is 54.7 Å². The maximum Gasteiger partial charge on any atom is 0.257 e. The second-order valence-electron chi connectivity index (χ2n) is 6.38. The standard InChI is InChI=1S/C20H19N3O3/c24-18-4-2-1-3-16(18)20(26)23-11-9-22(10-12-23)19(25)15-6-5-14-7-8-21-17(14)13-15/h1-8,13,21,24H,9-12H2. The van der Waals surface area contributed by atoms with Crippen molar-refractivity contribution < 1.29 is 14.7 Å². The number of H-pyrrole nitrogens is 1. The number of rotatable bonds is 2. The van der Waals surface area contributed by atoms with E-state index in [9.17, 15) is 14.7 Å². The number of aromatic amines is 1. The van der Waals surface area contributed by atoms with Crippen LogP contribution in [0.5, 0.6) is 5.75 Å². The molecule has 4 rings (SSSR count). The predicted octanol–water partition coefficient (Wildman–Crippen LogP) is 2.47. The number of hydrogen-bond donors (Lipinski definition) is 2. The number of para-hydroxylation sites is 1. The van der Waals surface area contributed by atoms with Gasteiger partial charge in [-0.2, -0.15) is 0 Å². The molecule has 0 aliphatic carbocycles. The van der Waals surface area contributed by atoms with Crippen LogP contribution in [-0.2, 0) is 0 Å². The molecule has 2 N–H and O–H groups in total. The van der Waals surface area contributed by atoms with E-state index in [4.69, 9.17) is 0 Å². The van der Waals surface area contributed by atoms with Crippen LogP contribution >= 0.6 is 0 Å². The van der Waals surface area contributed by atoms with Gasteiger partial charge in [0.2, 0.25) is 0 Å². The Bertz CT molecular complexity index is 971. The van der Waals surface area contributed by atoms with Gasteiger partial charge in [-0.25, -0.2) is 0 Å². The third kappa shape index (κ3) is 2.90. The third-order valence-corrected chi connectivity index (χ3v) is 4.79. The first-order valence-corrected chi connectivity index (χ1v) is 8.57. The van der Waals surface area contributed by atoms with E-state index in [1.54, 1.807) is 28.0 Å². The molecule has 2 amide bonds. The summed E-state index contributed by atoms with van der Waals surface area (Å²) in [5, 5.41) is 10.9. The summed E-state index contributed by atoms with van der Waals surface area (Å²) in [6.07, 6.45) is 1.85. The van der Waals surface area contributed by atoms with Crippen molar-refractivity contribution in [1.82, 2.24) is 14.8 Å². The Hall–Kier alpha value is -3.28. The molecule has 2 heterocycles. The van der Waals surface area contributed by atoms with Crippen LogP contribution < -0.4 is 0 Å². The number of nitrogens with one attached hydrogen (secondary N) is 1. The van der Waals surface area contributed by atoms with Gasteiger partial charge >= 0.3 is 0 Å². The second-order valence-corrected chi connectivity index (χ2v) is 6.38. The Morgan fingerprint density at radius 1 is 0.885 bits per heavy atom. The van der Waals surface area contributed by atoms with Gasteiger partial charge in [0.1, 0.15) is 5.75 Å². The van der Waals surface area contributed by atoms with Crippen LogP contribution in [0.25, 0.3) is 10.9 Å². The molecule has 0 radical (unpaired) electrons. The van der Waals surface area contributed by atoms with Crippen LogP contribution in [0.4, 0.5) is 0 Å². The number of hydrogen-bond acceptors (Lipinski definition) is 3. The van der Waals surface area contributed by atoms with E-state index >= 15 is 0 Å². The first-order valence-electron chi connectivity index (χ1n) is 8.57. The summed E-state index contributed by atoms with van der Waals surface area (Å²) >= 11 is 0. The highest BCUT2D eigenvalue weighted by molar-refractivity contribution is 5.99. The molecule has 132 valence electrons. The molecule has 0 bridgehead atoms. The zero-order chi connectivity index (χ0) is 18.1. The van der Waals surface area contributed by atoms with E-state index < -0.39 is 0 Å². The highest BCUT2D eigenvalue weighted by Crippen LogP contribution is 2.20. The Kier molecular flexibility index (Phi) is 4.08. The quantitative estimate of drug-likeness (QED) is 0.746. The summed E-state index contributed by atoms with van der Waals surface area (Å²) < 4.78 is 0. The van der Waals surface area contributed by atoms with Gasteiger partial charge < -0.3 is 19.9 Å². The number of aromatic nitrogens is 1. The summed E-state index contributed by atoms with van der Waals surface area (Å²) in [5.41, 5.74) is 1.87. The fourth-order valence-electron chi connectivity index (χ4n) is 3.30. The molecule has 6 nitrogen and oxygen atoms in total. The second kappa shape index (κ2) is 6.55. The number of benzene rings is 2. The third-order valence-electron chi connectivity index (χ3n) is 4.79. The number of nitrogens with zero attached hydrogens (tertiary/aromatic N) is 2. The number of carbonyl (C=O) groups excluding carboxylic acids is 2. The molecule has 6 heteroatoms. The van der Waals surface area contributed by atoms with Crippen LogP contribution in [0, 0.1) is 0 Å². The van der Waals surface area contributed by atoms with Crippen molar-refractivity contribution >= 4 is 22.7 Å². The lowest BCUT2D eigenvalue weighted by atomic mass is 10.1. The molecule has 1 aliphatic rings. The van der Waals surface area contributed by atoms with Crippen molar-refractivity contribution in [2.24, 2.45) is 0 Å². The smallest absolute Gasteiger partial charge is 0.257 e. The van der Waals surface area contributed by atoms with E-state index in [-0.39, 0.29) is 17.6 Å². The average Bonchev–Trinajstić information content (AvgIpc) is 3.15. The summed E-state index contributed by atoms with van der Waals surface area (Å²) in [6, 6.07) is 14.1. The van der Waals surface area contributed by atoms with Gasteiger partial charge in [-0.15, -0.1) is 0 Å². The fourth-order valence-corrected chi connectivity index (χ4v) is 3.30. The predicted molar refractivity (Wildman–Crippen MR) is 98.2 cm³/mol. The molecule has 26 heavy (non-hydrogen) atoms. The van der Waals surface area contributed by atoms with Crippen molar-refractivity contribution in [3.63, 3.8) is 0 Å². The minimum atomic E-state index is -0.206. The molecule has 0 unspecified atom stereocenters. The summed E-state index contributed by atoms with van der Waals surface area (Å²) in [4.78, 5) is 31.8. The highest BCUT2D eigenvalue weighted by Gasteiger charge is 2.26. The molecule has 1 fully saturated rings. The molecule has 2 aromatic carbocycles. The molecule has 3 aromatic rings. The first kappa shape index (κ1) is 16.2. The molecule has 1 saturated heterocycles. The Morgan fingerprint density at radius 3 is 2.31 bits per heavy atom. The molecule has 0 spiro atoms. The Morgan fingerprint density at radius 2 is 1.58 bits per heavy atom. The van der Waals surface area contributed by atoms with Gasteiger partial charge in [0.15, 0.2) is 0 Å². The molecular formula is C20H19N3O3. The van der Waals surface area contributed by atoms with Crippen molar-refractivity contribution in [2.75, 3.05) is 26.2 Å². The van der Waals surface area contributed by atoms with Gasteiger partial charge in [-0.05, 0) is 35.7 Å². The van der Waals surface area contributed by atoms with E-state index in [0.29, 0.717) is 37.3 Å². The minimum absolute atomic E-state index is 0.0183. The number of phenolic OH excluding ortho intramolecular Hbond substituents is 1. The normalized spacial score (nSPS) is 14.6. The number of phenols is 1. The molecule has 0 atom stereocenters. The zero-order valence-corrected chi connectivity index (χ0v) is 14.2. The van der Waals surface area contributed by atoms with Gasteiger partial charge in [0.05, 0.1) is 5.56 Å². The molecular weight excluding hydrogens is 330 g/mol. The number of piperazine rings is 1. The molecule has 1 aromatic heterocycles. The van der Waals surface area contributed by atoms with Crippen molar-refractivity contribution in [3.8, 4) is 5.75 Å². The van der Waals surface area contributed by atoms with Crippen LogP contribution in [0.1, 0.15) is 20.7 Å². The van der Waals surface area contributed by atoms with Crippen molar-refractivity contribution in [2.45, 2.75) is 0 Å². The molecule has 1 aliphatic heterocycles. The van der Waals surface area contributed by atoms with Crippen LogP contribution in [-0.4, -0.2) is 57.9 Å². The number of amides is 2. The van der Waals surface area contributed by atoms with Crippen LogP contribution in [0.2, 0.25) is 0 Å². The minimum Gasteiger partial charge on any atom is -0.507 e. The van der Waals surface area contributed by atoms with Crippen molar-refractivity contribution in [3.05, 3.63) is 65.9 Å². The largest absolute Gasteiger partial charge is 0.507 e. The zero-order valence-electron chi connectivity index (χ0n) is 14.2. The van der Waals surface area contributed by atoms with E-state index in [2.05, 4.69) is 4.98 Å². The number of aromatic hydroxyl groups is 1. The SMILES string of the molecule is O=C(c1ccc2cc[nH]c2c1)N1CCN(C(=O)c2ccccc2O)CC1. The van der Waals surface area contributed by atoms with Gasteiger partial charge in [-0.1, -0.05) is 18.2 Å².